The molecule has 0 bridgehead atoms. The summed E-state index contributed by atoms with van der Waals surface area (Å²) in [7, 11) is 1.60. The van der Waals surface area contributed by atoms with E-state index in [1.165, 1.54) is 0 Å². The molecule has 194 valence electrons. The fourth-order valence-electron chi connectivity index (χ4n) is 6.34. The largest absolute Gasteiger partial charge is 0.458 e. The topological polar surface area (TPSA) is 108 Å². The number of Topliss-reactive ketones (excluding diaryl/α,β-unsaturated/α-hetero) is 2. The van der Waals surface area contributed by atoms with Gasteiger partial charge in [0, 0.05) is 30.8 Å². The Labute approximate surface area is 203 Å². The van der Waals surface area contributed by atoms with Crippen molar-refractivity contribution in [3.8, 4) is 0 Å². The van der Waals surface area contributed by atoms with Crippen LogP contribution in [0.1, 0.15) is 75.2 Å². The van der Waals surface area contributed by atoms with Gasteiger partial charge < -0.3 is 19.5 Å². The van der Waals surface area contributed by atoms with Gasteiger partial charge in [0.2, 0.25) is 0 Å². The molecule has 2 rings (SSSR count). The first kappa shape index (κ1) is 28.3. The van der Waals surface area contributed by atoms with E-state index < -0.39 is 59.6 Å². The van der Waals surface area contributed by atoms with Crippen LogP contribution in [0.5, 0.6) is 0 Å². The van der Waals surface area contributed by atoms with E-state index in [0.717, 1.165) is 0 Å². The van der Waals surface area contributed by atoms with Gasteiger partial charge in [-0.25, -0.2) is 4.79 Å². The fraction of sp³-hybridized carbons (Fsp3) is 0.846. The number of alkyl carbamates (subject to hydrolysis) is 1. The molecule has 2 aliphatic heterocycles. The summed E-state index contributed by atoms with van der Waals surface area (Å²) < 4.78 is 17.2. The predicted molar refractivity (Wildman–Crippen MR) is 127 cm³/mol. The van der Waals surface area contributed by atoms with E-state index >= 15 is 0 Å². The van der Waals surface area contributed by atoms with Gasteiger partial charge in [-0.2, -0.15) is 0 Å². The minimum absolute atomic E-state index is 0.0395. The lowest BCUT2D eigenvalue weighted by atomic mass is 9.61. The van der Waals surface area contributed by atoms with Gasteiger partial charge >= 0.3 is 12.1 Å². The summed E-state index contributed by atoms with van der Waals surface area (Å²) in [6.45, 7) is 16.9. The van der Waals surface area contributed by atoms with Gasteiger partial charge in [-0.05, 0) is 32.1 Å². The van der Waals surface area contributed by atoms with Crippen LogP contribution in [0.2, 0.25) is 0 Å². The molecule has 0 aromatic carbocycles. The van der Waals surface area contributed by atoms with Crippen LogP contribution in [0.4, 0.5) is 4.79 Å². The van der Waals surface area contributed by atoms with E-state index in [0.29, 0.717) is 12.8 Å². The minimum Gasteiger partial charge on any atom is -0.458 e. The maximum Gasteiger partial charge on any atom is 0.407 e. The summed E-state index contributed by atoms with van der Waals surface area (Å²) >= 11 is 0. The Kier molecular flexibility index (Phi) is 8.60. The summed E-state index contributed by atoms with van der Waals surface area (Å²) in [4.78, 5) is 52.3. The second kappa shape index (κ2) is 10.3. The summed E-state index contributed by atoms with van der Waals surface area (Å²) in [5, 5.41) is 2.74. The molecular weight excluding hydrogens is 438 g/mol. The maximum absolute atomic E-state index is 13.5. The van der Waals surface area contributed by atoms with E-state index in [9.17, 15) is 19.2 Å². The number of hydrogen-bond donors (Lipinski definition) is 1. The highest BCUT2D eigenvalue weighted by Gasteiger charge is 2.52. The van der Waals surface area contributed by atoms with Crippen LogP contribution in [0.3, 0.4) is 0 Å². The van der Waals surface area contributed by atoms with Gasteiger partial charge in [0.1, 0.15) is 23.6 Å². The van der Waals surface area contributed by atoms with Crippen molar-refractivity contribution >= 4 is 23.6 Å². The molecular formula is C26H43NO7. The summed E-state index contributed by atoms with van der Waals surface area (Å²) in [5.41, 5.74) is -1.16. The summed E-state index contributed by atoms with van der Waals surface area (Å²) in [6.07, 6.45) is -1.45. The van der Waals surface area contributed by atoms with Gasteiger partial charge in [0.05, 0.1) is 11.6 Å². The molecule has 0 radical (unpaired) electrons. The van der Waals surface area contributed by atoms with Crippen LogP contribution in [-0.4, -0.2) is 54.6 Å². The van der Waals surface area contributed by atoms with Crippen LogP contribution in [0.15, 0.2) is 0 Å². The number of ether oxygens (including phenoxy) is 3. The SMILES string of the molecule is CC[C@H]1OC(=O)[C@H](C)C(=O)[C@H](C)[C@@H](C(C)(C)C)[C@](C)(OC)C[C@@H](C)C(=O)[C@H](C)[C@H]2NC(=O)O[C@@H]21. The second-order valence-electron chi connectivity index (χ2n) is 11.5. The first-order chi connectivity index (χ1) is 15.6. The molecule has 1 N–H and O–H groups in total. The second-order valence-corrected chi connectivity index (χ2v) is 11.5. The average Bonchev–Trinajstić information content (AvgIpc) is 3.14. The monoisotopic (exact) mass is 481 g/mol. The standard InChI is InChI=1S/C26H43NO7/c1-11-17-21-18(27-24(31)34-21)14(3)19(28)13(2)12-26(9,32-10)22(25(6,7)8)15(4)20(29)16(5)23(30)33-17/h13-18,21-22H,11-12H2,1-10H3,(H,27,31)/t13-,14-,15+,16-,17-,18-,21-,22+,26-/m1/s1. The van der Waals surface area contributed by atoms with Crippen molar-refractivity contribution in [1.82, 2.24) is 5.32 Å². The third kappa shape index (κ3) is 5.47. The van der Waals surface area contributed by atoms with Crippen molar-refractivity contribution in [2.24, 2.45) is 35.0 Å². The van der Waals surface area contributed by atoms with Crippen molar-refractivity contribution < 1.29 is 33.4 Å². The number of methoxy groups -OCH3 is 1. The molecule has 2 saturated heterocycles. The first-order valence-corrected chi connectivity index (χ1v) is 12.4. The molecule has 0 spiro atoms. The van der Waals surface area contributed by atoms with Gasteiger partial charge in [-0.3, -0.25) is 14.4 Å². The number of carbonyl (C=O) groups excluding carboxylic acids is 4. The lowest BCUT2D eigenvalue weighted by molar-refractivity contribution is -0.166. The number of fused-ring (bicyclic) bond motifs is 1. The molecule has 0 aromatic rings. The Bertz CT molecular complexity index is 803. The molecule has 0 unspecified atom stereocenters. The van der Waals surface area contributed by atoms with E-state index in [2.05, 4.69) is 5.32 Å². The Morgan fingerprint density at radius 3 is 2.09 bits per heavy atom. The lowest BCUT2D eigenvalue weighted by Gasteiger charge is -2.48. The van der Waals surface area contributed by atoms with Gasteiger partial charge in [-0.1, -0.05) is 48.5 Å². The lowest BCUT2D eigenvalue weighted by Crippen LogP contribution is -2.53. The quantitative estimate of drug-likeness (QED) is 0.470. The zero-order valence-electron chi connectivity index (χ0n) is 22.4. The molecule has 8 heteroatoms. The van der Waals surface area contributed by atoms with Crippen molar-refractivity contribution in [3.63, 3.8) is 0 Å². The van der Waals surface area contributed by atoms with Crippen LogP contribution in [0, 0.1) is 35.0 Å². The van der Waals surface area contributed by atoms with E-state index in [1.54, 1.807) is 21.0 Å². The molecule has 2 aliphatic rings. The van der Waals surface area contributed by atoms with Gasteiger partial charge in [-0.15, -0.1) is 0 Å². The number of nitrogens with one attached hydrogen (secondary N) is 1. The number of esters is 1. The normalized spacial score (nSPS) is 40.6. The molecule has 0 saturated carbocycles. The maximum atomic E-state index is 13.5. The molecule has 0 aliphatic carbocycles. The van der Waals surface area contributed by atoms with Crippen LogP contribution in [0.25, 0.3) is 0 Å². The first-order valence-electron chi connectivity index (χ1n) is 12.4. The van der Waals surface area contributed by atoms with Crippen LogP contribution >= 0.6 is 0 Å². The zero-order chi connectivity index (χ0) is 26.2. The summed E-state index contributed by atoms with van der Waals surface area (Å²) in [6, 6.07) is -0.639. The van der Waals surface area contributed by atoms with Crippen molar-refractivity contribution in [2.45, 2.75) is 99.0 Å². The number of cyclic esters (lactones) is 1. The molecule has 9 atom stereocenters. The van der Waals surface area contributed by atoms with E-state index in [4.69, 9.17) is 14.2 Å². The molecule has 0 aromatic heterocycles. The van der Waals surface area contributed by atoms with Crippen molar-refractivity contribution in [2.75, 3.05) is 7.11 Å². The Hall–Kier alpha value is -1.96. The predicted octanol–water partition coefficient (Wildman–Crippen LogP) is 3.94. The number of hydrogen-bond acceptors (Lipinski definition) is 7. The van der Waals surface area contributed by atoms with Gasteiger partial charge in [0.15, 0.2) is 6.10 Å². The Morgan fingerprint density at radius 1 is 1.00 bits per heavy atom. The summed E-state index contributed by atoms with van der Waals surface area (Å²) in [5.74, 6) is -3.66. The minimum atomic E-state index is -0.988. The number of carbonyl (C=O) groups is 4. The molecule has 8 nitrogen and oxygen atoms in total. The van der Waals surface area contributed by atoms with E-state index in [-0.39, 0.29) is 22.9 Å². The highest BCUT2D eigenvalue weighted by molar-refractivity contribution is 6.00. The van der Waals surface area contributed by atoms with Gasteiger partial charge in [0.25, 0.3) is 0 Å². The third-order valence-corrected chi connectivity index (χ3v) is 7.89. The van der Waals surface area contributed by atoms with Crippen LogP contribution < -0.4 is 5.32 Å². The van der Waals surface area contributed by atoms with Crippen molar-refractivity contribution in [3.05, 3.63) is 0 Å². The molecule has 2 fully saturated rings. The third-order valence-electron chi connectivity index (χ3n) is 7.89. The fourth-order valence-corrected chi connectivity index (χ4v) is 6.34. The molecule has 34 heavy (non-hydrogen) atoms. The number of ketones is 2. The van der Waals surface area contributed by atoms with E-state index in [1.807, 2.05) is 48.5 Å². The van der Waals surface area contributed by atoms with Crippen LogP contribution in [-0.2, 0) is 28.6 Å². The van der Waals surface area contributed by atoms with Crippen molar-refractivity contribution in [1.29, 1.82) is 0 Å². The number of amides is 1. The molecule has 1 amide bonds. The Morgan fingerprint density at radius 2 is 1.59 bits per heavy atom. The highest BCUT2D eigenvalue weighted by atomic mass is 16.6. The number of rotatable bonds is 2. The highest BCUT2D eigenvalue weighted by Crippen LogP contribution is 2.46. The molecule has 2 heterocycles. The average molecular weight is 482 g/mol. The zero-order valence-corrected chi connectivity index (χ0v) is 22.4. The Balaban J connectivity index is 2.61. The smallest absolute Gasteiger partial charge is 0.407 e.